The minimum atomic E-state index is -0.588. The number of hydrogen-bond acceptors (Lipinski definition) is 10. The third-order valence-electron chi connectivity index (χ3n) is 9.14. The highest BCUT2D eigenvalue weighted by atomic mass is 16.6. The third kappa shape index (κ3) is 7.89. The molecule has 0 aliphatic carbocycles. The van der Waals surface area contributed by atoms with E-state index in [0.717, 1.165) is 32.7 Å². The molecule has 5 aromatic carbocycles. The van der Waals surface area contributed by atoms with Crippen LogP contribution in [0.15, 0.2) is 109 Å². The normalized spacial score (nSPS) is 10.9. The molecule has 0 saturated carbocycles. The highest BCUT2D eigenvalue weighted by molar-refractivity contribution is 6.00. The molecule has 14 heteroatoms. The minimum absolute atomic E-state index is 0.158. The molecule has 0 saturated heterocycles. The Balaban J connectivity index is 1.16. The summed E-state index contributed by atoms with van der Waals surface area (Å²) in [4.78, 5) is 62.6. The van der Waals surface area contributed by atoms with E-state index in [-0.39, 0.29) is 13.1 Å². The first kappa shape index (κ1) is 36.9. The Kier molecular flexibility index (Phi) is 10.4. The number of rotatable bonds is 8. The maximum atomic E-state index is 13.2. The van der Waals surface area contributed by atoms with Gasteiger partial charge in [0.1, 0.15) is 0 Å². The maximum Gasteiger partial charge on any atom is 0.414 e. The van der Waals surface area contributed by atoms with Crippen LogP contribution < -0.4 is 20.4 Å². The average Bonchev–Trinajstić information content (AvgIpc) is 3.22. The zero-order valence-corrected chi connectivity index (χ0v) is 30.9. The summed E-state index contributed by atoms with van der Waals surface area (Å²) in [6.45, 7) is 0.315. The summed E-state index contributed by atoms with van der Waals surface area (Å²) in [6, 6.07) is 33.3. The number of ether oxygens (including phenoxy) is 4. The topological polar surface area (TPSA) is 162 Å². The number of anilines is 4. The number of benzene rings is 5. The van der Waals surface area contributed by atoms with E-state index < -0.39 is 24.4 Å². The minimum Gasteiger partial charge on any atom is -0.453 e. The lowest BCUT2D eigenvalue weighted by atomic mass is 10.1. The highest BCUT2D eigenvalue weighted by Gasteiger charge is 2.21. The molecule has 4 amide bonds. The molecule has 7 aromatic rings. The van der Waals surface area contributed by atoms with E-state index >= 15 is 0 Å². The average molecular weight is 753 g/mol. The third-order valence-corrected chi connectivity index (χ3v) is 9.14. The lowest BCUT2D eigenvalue weighted by Gasteiger charge is -2.24. The first-order chi connectivity index (χ1) is 27.1. The van der Waals surface area contributed by atoms with Gasteiger partial charge < -0.3 is 18.9 Å². The summed E-state index contributed by atoms with van der Waals surface area (Å²) < 4.78 is 19.8. The fourth-order valence-corrected chi connectivity index (χ4v) is 6.39. The van der Waals surface area contributed by atoms with Crippen LogP contribution in [0.4, 0.5) is 41.9 Å². The molecule has 0 atom stereocenters. The predicted molar refractivity (Wildman–Crippen MR) is 214 cm³/mol. The van der Waals surface area contributed by atoms with Gasteiger partial charge in [-0.25, -0.2) is 29.1 Å². The second-order valence-electron chi connectivity index (χ2n) is 12.7. The second-order valence-corrected chi connectivity index (χ2v) is 12.7. The first-order valence-corrected chi connectivity index (χ1v) is 17.3. The van der Waals surface area contributed by atoms with Crippen molar-refractivity contribution in [2.24, 2.45) is 0 Å². The smallest absolute Gasteiger partial charge is 0.414 e. The Hall–Kier alpha value is -7.48. The molecule has 2 N–H and O–H groups in total. The standard InChI is InChI=1S/C42H36N6O8/c1-53-39(49)43-31-12-8-27-17-29-10-14-33(21-37(29)45-35(27)19-31)47(41(51)55-3)23-25-6-5-7-26(16-25)24-48(42(52)56-4)34-15-11-30-18-28-9-13-32(44-40(50)54-2)20-36(28)46-38(30)22-34/h5-22H,23-24H2,1-4H3,(H,43,49)(H,44,50). The van der Waals surface area contributed by atoms with Gasteiger partial charge in [-0.05, 0) is 71.8 Å². The maximum absolute atomic E-state index is 13.2. The van der Waals surface area contributed by atoms with Gasteiger partial charge in [-0.15, -0.1) is 0 Å². The molecule has 7 rings (SSSR count). The van der Waals surface area contributed by atoms with Gasteiger partial charge in [-0.1, -0.05) is 48.5 Å². The number of fused-ring (bicyclic) bond motifs is 4. The fraction of sp³-hybridized carbons (Fsp3) is 0.143. The van der Waals surface area contributed by atoms with Gasteiger partial charge in [-0.3, -0.25) is 20.4 Å². The van der Waals surface area contributed by atoms with Crippen molar-refractivity contribution in [3.8, 4) is 0 Å². The summed E-state index contributed by atoms with van der Waals surface area (Å²) in [5, 5.41) is 8.78. The molecular formula is C42H36N6O8. The van der Waals surface area contributed by atoms with E-state index in [1.807, 2.05) is 84.9 Å². The molecule has 2 aromatic heterocycles. The lowest BCUT2D eigenvalue weighted by Crippen LogP contribution is -2.31. The number of nitrogens with zero attached hydrogens (tertiary/aromatic N) is 4. The van der Waals surface area contributed by atoms with Crippen LogP contribution in [0.25, 0.3) is 43.6 Å². The molecule has 0 aliphatic heterocycles. The van der Waals surface area contributed by atoms with Crippen LogP contribution in [-0.4, -0.2) is 62.8 Å². The molecule has 0 aliphatic rings. The predicted octanol–water partition coefficient (Wildman–Crippen LogP) is 8.99. The zero-order valence-electron chi connectivity index (χ0n) is 30.9. The Labute approximate surface area is 320 Å². The summed E-state index contributed by atoms with van der Waals surface area (Å²) in [6.07, 6.45) is -2.31. The summed E-state index contributed by atoms with van der Waals surface area (Å²) in [5.74, 6) is 0. The molecule has 0 unspecified atom stereocenters. The molecular weight excluding hydrogens is 716 g/mol. The number of carbonyl (C=O) groups is 4. The van der Waals surface area contributed by atoms with E-state index in [0.29, 0.717) is 44.8 Å². The van der Waals surface area contributed by atoms with Crippen molar-refractivity contribution in [2.75, 3.05) is 48.9 Å². The Morgan fingerprint density at radius 3 is 1.27 bits per heavy atom. The van der Waals surface area contributed by atoms with E-state index in [9.17, 15) is 19.2 Å². The Bertz CT molecular complexity index is 2490. The largest absolute Gasteiger partial charge is 0.453 e. The number of carbonyl (C=O) groups excluding carboxylic acids is 4. The zero-order chi connectivity index (χ0) is 39.3. The number of pyridine rings is 2. The first-order valence-electron chi connectivity index (χ1n) is 17.3. The van der Waals surface area contributed by atoms with Crippen LogP contribution in [0.3, 0.4) is 0 Å². The fourth-order valence-electron chi connectivity index (χ4n) is 6.39. The molecule has 0 fully saturated rings. The lowest BCUT2D eigenvalue weighted by molar-refractivity contribution is 0.177. The van der Waals surface area contributed by atoms with E-state index in [1.54, 1.807) is 24.3 Å². The number of amides is 4. The molecule has 14 nitrogen and oxygen atoms in total. The highest BCUT2D eigenvalue weighted by Crippen LogP contribution is 2.30. The Morgan fingerprint density at radius 2 is 0.875 bits per heavy atom. The molecule has 0 radical (unpaired) electrons. The van der Waals surface area contributed by atoms with Gasteiger partial charge in [-0.2, -0.15) is 0 Å². The molecule has 0 spiro atoms. The van der Waals surface area contributed by atoms with Gasteiger partial charge in [0.2, 0.25) is 0 Å². The van der Waals surface area contributed by atoms with Crippen LogP contribution >= 0.6 is 0 Å². The number of hydrogen-bond donors (Lipinski definition) is 2. The van der Waals surface area contributed by atoms with Crippen molar-refractivity contribution < 1.29 is 38.1 Å². The summed E-state index contributed by atoms with van der Waals surface area (Å²) in [7, 11) is 5.23. The van der Waals surface area contributed by atoms with Crippen LogP contribution in [0, 0.1) is 0 Å². The van der Waals surface area contributed by atoms with Gasteiger partial charge in [0.15, 0.2) is 0 Å². The van der Waals surface area contributed by atoms with Crippen molar-refractivity contribution in [2.45, 2.75) is 13.1 Å². The molecule has 282 valence electrons. The second kappa shape index (κ2) is 15.9. The monoisotopic (exact) mass is 752 g/mol. The van der Waals surface area contributed by atoms with E-state index in [4.69, 9.17) is 28.9 Å². The molecule has 2 heterocycles. The SMILES string of the molecule is COC(=O)Nc1ccc2cc3ccc(N(Cc4cccc(CN(C(=O)OC)c5ccc6cc7ccc(NC(=O)OC)cc7nc6c5)c4)C(=O)OC)cc3nc2c1. The van der Waals surface area contributed by atoms with Crippen LogP contribution in [0.5, 0.6) is 0 Å². The summed E-state index contributed by atoms with van der Waals surface area (Å²) >= 11 is 0. The van der Waals surface area contributed by atoms with Crippen molar-refractivity contribution in [1.29, 1.82) is 0 Å². The van der Waals surface area contributed by atoms with Crippen molar-refractivity contribution >= 4 is 90.7 Å². The van der Waals surface area contributed by atoms with Crippen LogP contribution in [0.2, 0.25) is 0 Å². The van der Waals surface area contributed by atoms with Gasteiger partial charge in [0.25, 0.3) is 0 Å². The molecule has 56 heavy (non-hydrogen) atoms. The van der Waals surface area contributed by atoms with Gasteiger partial charge in [0, 0.05) is 44.3 Å². The number of nitrogens with one attached hydrogen (secondary N) is 2. The Morgan fingerprint density at radius 1 is 0.482 bits per heavy atom. The van der Waals surface area contributed by atoms with Crippen LogP contribution in [0.1, 0.15) is 11.1 Å². The summed E-state index contributed by atoms with van der Waals surface area (Å²) in [5.41, 5.74) is 6.32. The van der Waals surface area contributed by atoms with Crippen molar-refractivity contribution in [1.82, 2.24) is 9.97 Å². The quantitative estimate of drug-likeness (QED) is 0.113. The van der Waals surface area contributed by atoms with E-state index in [1.165, 1.54) is 38.2 Å². The number of aromatic nitrogens is 2. The molecule has 0 bridgehead atoms. The van der Waals surface area contributed by atoms with E-state index in [2.05, 4.69) is 10.6 Å². The van der Waals surface area contributed by atoms with Crippen molar-refractivity contribution in [3.05, 3.63) is 120 Å². The van der Waals surface area contributed by atoms with Crippen molar-refractivity contribution in [3.63, 3.8) is 0 Å². The number of methoxy groups -OCH3 is 4. The van der Waals surface area contributed by atoms with Gasteiger partial charge in [0.05, 0.1) is 63.6 Å². The van der Waals surface area contributed by atoms with Crippen LogP contribution in [-0.2, 0) is 32.0 Å². The van der Waals surface area contributed by atoms with Gasteiger partial charge >= 0.3 is 24.4 Å².